The lowest BCUT2D eigenvalue weighted by Gasteiger charge is -2.22. The van der Waals surface area contributed by atoms with Crippen molar-refractivity contribution in [2.24, 2.45) is 0 Å². The number of hydrogen-bond donors (Lipinski definition) is 1. The highest BCUT2D eigenvalue weighted by atomic mass is 35.5. The minimum atomic E-state index is -1.11. The topological polar surface area (TPSA) is 101 Å². The van der Waals surface area contributed by atoms with E-state index in [1.807, 2.05) is 6.26 Å². The number of halogens is 1. The van der Waals surface area contributed by atoms with Gasteiger partial charge in [-0.1, -0.05) is 35.6 Å². The van der Waals surface area contributed by atoms with Gasteiger partial charge in [-0.05, 0) is 48.3 Å². The summed E-state index contributed by atoms with van der Waals surface area (Å²) in [4.78, 5) is 35.7. The van der Waals surface area contributed by atoms with Crippen LogP contribution in [0.4, 0.5) is 5.69 Å². The second-order valence-corrected chi connectivity index (χ2v) is 8.66. The Balaban J connectivity index is 2.21. The van der Waals surface area contributed by atoms with Crippen molar-refractivity contribution >= 4 is 75.3 Å². The first-order chi connectivity index (χ1) is 13.2. The number of thioether (sulfide) groups is 2. The van der Waals surface area contributed by atoms with Gasteiger partial charge in [0.1, 0.15) is 10.4 Å². The third-order valence-electron chi connectivity index (χ3n) is 3.69. The second kappa shape index (κ2) is 10.1. The molecule has 28 heavy (non-hydrogen) atoms. The van der Waals surface area contributed by atoms with E-state index < -0.39 is 22.8 Å². The number of hydrogen-bond acceptors (Lipinski definition) is 7. The van der Waals surface area contributed by atoms with E-state index in [0.29, 0.717) is 11.3 Å². The predicted molar refractivity (Wildman–Crippen MR) is 116 cm³/mol. The molecule has 1 amide bonds. The number of nitrogens with zero attached hydrogens (tertiary/aromatic N) is 2. The fourth-order valence-electron chi connectivity index (χ4n) is 2.36. The van der Waals surface area contributed by atoms with Crippen LogP contribution in [0.15, 0.2) is 40.3 Å². The van der Waals surface area contributed by atoms with Gasteiger partial charge in [0.05, 0.1) is 9.83 Å². The first-order valence-electron chi connectivity index (χ1n) is 7.85. The number of carboxylic acid groups (broad SMARTS) is 1. The average Bonchev–Trinajstić information content (AvgIpc) is 2.89. The number of carbonyl (C=O) groups excluding carboxylic acids is 1. The molecule has 1 aliphatic rings. The van der Waals surface area contributed by atoms with Gasteiger partial charge in [0, 0.05) is 17.2 Å². The van der Waals surface area contributed by atoms with E-state index in [1.54, 1.807) is 6.08 Å². The zero-order valence-electron chi connectivity index (χ0n) is 14.5. The van der Waals surface area contributed by atoms with Crippen LogP contribution in [0.5, 0.6) is 0 Å². The number of non-ortho nitro benzene ring substituents is 1. The quantitative estimate of drug-likeness (QED) is 0.268. The van der Waals surface area contributed by atoms with Crippen molar-refractivity contribution in [1.29, 1.82) is 0 Å². The molecule has 11 heteroatoms. The van der Waals surface area contributed by atoms with Gasteiger partial charge in [-0.3, -0.25) is 19.8 Å². The van der Waals surface area contributed by atoms with Gasteiger partial charge in [0.25, 0.3) is 11.6 Å². The molecule has 1 saturated heterocycles. The maximum Gasteiger partial charge on any atom is 0.326 e. The maximum absolute atomic E-state index is 12.7. The van der Waals surface area contributed by atoms with Crippen LogP contribution < -0.4 is 0 Å². The van der Waals surface area contributed by atoms with Crippen molar-refractivity contribution in [3.63, 3.8) is 0 Å². The largest absolute Gasteiger partial charge is 0.480 e. The van der Waals surface area contributed by atoms with Crippen LogP contribution in [0, 0.1) is 10.1 Å². The summed E-state index contributed by atoms with van der Waals surface area (Å²) in [6.45, 7) is 0. The number of nitro benzene ring substituents is 1. The van der Waals surface area contributed by atoms with E-state index in [-0.39, 0.29) is 26.4 Å². The van der Waals surface area contributed by atoms with E-state index in [4.69, 9.17) is 23.8 Å². The van der Waals surface area contributed by atoms with Crippen LogP contribution in [0.25, 0.3) is 6.08 Å². The zero-order chi connectivity index (χ0) is 20.8. The maximum atomic E-state index is 12.7. The number of thiocarbonyl (C=S) groups is 1. The lowest BCUT2D eigenvalue weighted by atomic mass is 10.2. The summed E-state index contributed by atoms with van der Waals surface area (Å²) in [7, 11) is 0. The van der Waals surface area contributed by atoms with Crippen molar-refractivity contribution < 1.29 is 19.6 Å². The molecule has 1 heterocycles. The molecule has 1 aromatic carbocycles. The molecule has 0 spiro atoms. The molecule has 0 bridgehead atoms. The Labute approximate surface area is 179 Å². The van der Waals surface area contributed by atoms with Gasteiger partial charge in [-0.2, -0.15) is 11.8 Å². The molecule has 0 radical (unpaired) electrons. The highest BCUT2D eigenvalue weighted by molar-refractivity contribution is 8.26. The van der Waals surface area contributed by atoms with Gasteiger partial charge >= 0.3 is 5.97 Å². The number of allylic oxidation sites excluding steroid dienone is 2. The number of carboxylic acids is 1. The Bertz CT molecular complexity index is 870. The van der Waals surface area contributed by atoms with Crippen molar-refractivity contribution in [3.05, 3.63) is 56.0 Å². The van der Waals surface area contributed by atoms with Crippen LogP contribution in [0.2, 0.25) is 0 Å². The standard InChI is InChI=1S/C17H15ClN2O5S3/c1-27-7-6-13(16(22)23)19-15(21)14(28-17(19)26)9-11(18)8-10-2-4-12(5-3-10)20(24)25/h2-5,8-9,13H,6-7H2,1H3,(H,22,23). The SMILES string of the molecule is CSCCC(C(=O)O)N1C(=O)C(=CC(Cl)=Cc2ccc([N+](=O)[O-])cc2)SC1=S. The molecule has 148 valence electrons. The third-order valence-corrected chi connectivity index (χ3v) is 5.89. The highest BCUT2D eigenvalue weighted by Crippen LogP contribution is 2.35. The Morgan fingerprint density at radius 1 is 1.46 bits per heavy atom. The number of nitro groups is 1. The Kier molecular flexibility index (Phi) is 8.05. The fraction of sp³-hybridized carbons (Fsp3) is 0.235. The first-order valence-corrected chi connectivity index (χ1v) is 10.8. The Morgan fingerprint density at radius 2 is 2.11 bits per heavy atom. The smallest absolute Gasteiger partial charge is 0.326 e. The molecule has 0 aromatic heterocycles. The number of rotatable bonds is 8. The summed E-state index contributed by atoms with van der Waals surface area (Å²) in [5.41, 5.74) is 0.574. The molecule has 7 nitrogen and oxygen atoms in total. The summed E-state index contributed by atoms with van der Waals surface area (Å²) in [5.74, 6) is -1.04. The van der Waals surface area contributed by atoms with Gasteiger partial charge in [-0.15, -0.1) is 0 Å². The molecular formula is C17H15ClN2O5S3. The van der Waals surface area contributed by atoms with E-state index in [1.165, 1.54) is 42.1 Å². The Hall–Kier alpha value is -1.88. The average molecular weight is 459 g/mol. The van der Waals surface area contributed by atoms with Crippen molar-refractivity contribution in [3.8, 4) is 0 Å². The second-order valence-electron chi connectivity index (χ2n) is 5.57. The van der Waals surface area contributed by atoms with Crippen LogP contribution in [-0.4, -0.2) is 49.2 Å². The highest BCUT2D eigenvalue weighted by Gasteiger charge is 2.40. The van der Waals surface area contributed by atoms with Gasteiger partial charge in [-0.25, -0.2) is 4.79 Å². The molecule has 1 aliphatic heterocycles. The van der Waals surface area contributed by atoms with Gasteiger partial charge < -0.3 is 5.11 Å². The monoisotopic (exact) mass is 458 g/mol. The summed E-state index contributed by atoms with van der Waals surface area (Å²) in [6, 6.07) is 4.73. The molecule has 1 fully saturated rings. The number of benzene rings is 1. The van der Waals surface area contributed by atoms with Crippen LogP contribution in [0.1, 0.15) is 12.0 Å². The van der Waals surface area contributed by atoms with Crippen molar-refractivity contribution in [2.45, 2.75) is 12.5 Å². The Morgan fingerprint density at radius 3 is 2.64 bits per heavy atom. The predicted octanol–water partition coefficient (Wildman–Crippen LogP) is 4.13. The van der Waals surface area contributed by atoms with E-state index in [0.717, 1.165) is 16.7 Å². The molecule has 0 saturated carbocycles. The van der Waals surface area contributed by atoms with Crippen molar-refractivity contribution in [2.75, 3.05) is 12.0 Å². The molecular weight excluding hydrogens is 444 g/mol. The minimum Gasteiger partial charge on any atom is -0.480 e. The third kappa shape index (κ3) is 5.57. The van der Waals surface area contributed by atoms with E-state index in [2.05, 4.69) is 0 Å². The summed E-state index contributed by atoms with van der Waals surface area (Å²) in [6.07, 6.45) is 5.09. The van der Waals surface area contributed by atoms with E-state index >= 15 is 0 Å². The molecule has 1 unspecified atom stereocenters. The molecule has 1 aromatic rings. The minimum absolute atomic E-state index is 0.0425. The van der Waals surface area contributed by atoms with E-state index in [9.17, 15) is 24.8 Å². The lowest BCUT2D eigenvalue weighted by Crippen LogP contribution is -2.44. The summed E-state index contributed by atoms with van der Waals surface area (Å²) < 4.78 is 0.171. The molecule has 1 atom stereocenters. The molecule has 1 N–H and O–H groups in total. The molecule has 2 rings (SSSR count). The number of aliphatic carboxylic acids is 1. The van der Waals surface area contributed by atoms with Crippen LogP contribution in [0.3, 0.4) is 0 Å². The number of amides is 1. The van der Waals surface area contributed by atoms with Crippen molar-refractivity contribution in [1.82, 2.24) is 4.90 Å². The normalized spacial score (nSPS) is 17.3. The molecule has 0 aliphatic carbocycles. The summed E-state index contributed by atoms with van der Waals surface area (Å²) in [5, 5.41) is 20.3. The first kappa shape index (κ1) is 22.4. The summed E-state index contributed by atoms with van der Waals surface area (Å²) >= 11 is 13.9. The fourth-order valence-corrected chi connectivity index (χ4v) is 4.47. The van der Waals surface area contributed by atoms with Gasteiger partial charge in [0.15, 0.2) is 0 Å². The zero-order valence-corrected chi connectivity index (χ0v) is 17.7. The number of carbonyl (C=O) groups is 2. The van der Waals surface area contributed by atoms with Gasteiger partial charge in [0.2, 0.25) is 0 Å². The van der Waals surface area contributed by atoms with Crippen LogP contribution >= 0.6 is 47.3 Å². The van der Waals surface area contributed by atoms with Crippen LogP contribution in [-0.2, 0) is 9.59 Å². The lowest BCUT2D eigenvalue weighted by molar-refractivity contribution is -0.384.